The number of phenolic OH excluding ortho intramolecular Hbond substituents is 1. The highest BCUT2D eigenvalue weighted by molar-refractivity contribution is 5.87. The number of rotatable bonds is 4. The fraction of sp³-hybridized carbons (Fsp3) is 0.167. The molecule has 2 rings (SSSR count). The summed E-state index contributed by atoms with van der Waals surface area (Å²) in [5.74, 6) is -0.823. The molecule has 100 valence electrons. The summed E-state index contributed by atoms with van der Waals surface area (Å²) in [6, 6.07) is 4.29. The first-order chi connectivity index (χ1) is 9.08. The third-order valence-corrected chi connectivity index (χ3v) is 2.51. The van der Waals surface area contributed by atoms with Gasteiger partial charge in [-0.05, 0) is 12.1 Å². The van der Waals surface area contributed by atoms with E-state index in [-0.39, 0.29) is 28.5 Å². The van der Waals surface area contributed by atoms with Crippen LogP contribution in [0.4, 0.5) is 0 Å². The van der Waals surface area contributed by atoms with Gasteiger partial charge in [-0.3, -0.25) is 0 Å². The Balaban J connectivity index is 2.53. The number of hydrogen-bond donors (Lipinski definition) is 2. The molecule has 0 atom stereocenters. The van der Waals surface area contributed by atoms with Gasteiger partial charge >= 0.3 is 5.97 Å². The Labute approximate surface area is 108 Å². The van der Waals surface area contributed by atoms with Crippen molar-refractivity contribution >= 4 is 5.97 Å². The molecule has 0 saturated carbocycles. The van der Waals surface area contributed by atoms with Gasteiger partial charge in [-0.15, -0.1) is 0 Å². The molecular weight excluding hydrogens is 254 g/mol. The first kappa shape index (κ1) is 12.7. The molecule has 0 aliphatic carbocycles. The van der Waals surface area contributed by atoms with Gasteiger partial charge < -0.3 is 24.2 Å². The molecule has 0 bridgehead atoms. The van der Waals surface area contributed by atoms with Crippen molar-refractivity contribution in [3.05, 3.63) is 23.9 Å². The van der Waals surface area contributed by atoms with E-state index in [0.29, 0.717) is 5.75 Å². The fourth-order valence-corrected chi connectivity index (χ4v) is 1.61. The lowest BCUT2D eigenvalue weighted by molar-refractivity contribution is 0.0686. The van der Waals surface area contributed by atoms with Crippen molar-refractivity contribution in [2.45, 2.75) is 0 Å². The van der Waals surface area contributed by atoms with Gasteiger partial charge in [-0.1, -0.05) is 5.16 Å². The molecule has 2 N–H and O–H groups in total. The highest BCUT2D eigenvalue weighted by Crippen LogP contribution is 2.43. The number of nitrogens with zero attached hydrogens (tertiary/aromatic N) is 1. The van der Waals surface area contributed by atoms with Gasteiger partial charge in [-0.2, -0.15) is 0 Å². The Hall–Kier alpha value is -2.70. The molecule has 19 heavy (non-hydrogen) atoms. The van der Waals surface area contributed by atoms with Crippen molar-refractivity contribution in [1.82, 2.24) is 5.16 Å². The van der Waals surface area contributed by atoms with Gasteiger partial charge in [0, 0.05) is 6.07 Å². The van der Waals surface area contributed by atoms with E-state index < -0.39 is 5.97 Å². The highest BCUT2D eigenvalue weighted by atomic mass is 16.5. The fourth-order valence-electron chi connectivity index (χ4n) is 1.61. The Morgan fingerprint density at radius 1 is 1.32 bits per heavy atom. The molecule has 1 heterocycles. The number of carboxylic acids is 1. The molecule has 0 spiro atoms. The van der Waals surface area contributed by atoms with E-state index in [1.165, 1.54) is 26.4 Å². The van der Waals surface area contributed by atoms with Crippen molar-refractivity contribution in [1.29, 1.82) is 0 Å². The summed E-state index contributed by atoms with van der Waals surface area (Å²) in [5, 5.41) is 22.2. The number of benzene rings is 1. The number of aromatic nitrogens is 1. The quantitative estimate of drug-likeness (QED) is 0.868. The summed E-state index contributed by atoms with van der Waals surface area (Å²) >= 11 is 0. The number of aromatic carboxylic acids is 1. The van der Waals surface area contributed by atoms with E-state index in [4.69, 9.17) is 19.1 Å². The largest absolute Gasteiger partial charge is 0.504 e. The van der Waals surface area contributed by atoms with Crippen LogP contribution in [0.2, 0.25) is 0 Å². The minimum absolute atomic E-state index is 0.121. The zero-order valence-corrected chi connectivity index (χ0v) is 10.2. The lowest BCUT2D eigenvalue weighted by Crippen LogP contribution is -1.94. The van der Waals surface area contributed by atoms with Crippen LogP contribution >= 0.6 is 0 Å². The summed E-state index contributed by atoms with van der Waals surface area (Å²) in [6.45, 7) is 0. The first-order valence-corrected chi connectivity index (χ1v) is 5.22. The molecule has 0 aliphatic heterocycles. The van der Waals surface area contributed by atoms with Gasteiger partial charge in [0.2, 0.25) is 5.75 Å². The summed E-state index contributed by atoms with van der Waals surface area (Å²) in [7, 11) is 2.82. The first-order valence-electron chi connectivity index (χ1n) is 5.22. The van der Waals surface area contributed by atoms with Gasteiger partial charge in [0.05, 0.1) is 19.8 Å². The summed E-state index contributed by atoms with van der Waals surface area (Å²) in [4.78, 5) is 10.7. The number of phenols is 1. The molecule has 1 aromatic carbocycles. The molecule has 0 aliphatic rings. The van der Waals surface area contributed by atoms with Gasteiger partial charge in [0.25, 0.3) is 0 Å². The van der Waals surface area contributed by atoms with Crippen LogP contribution in [-0.2, 0) is 0 Å². The van der Waals surface area contributed by atoms with Crippen LogP contribution in [0.3, 0.4) is 0 Å². The molecule has 0 fully saturated rings. The van der Waals surface area contributed by atoms with Crippen LogP contribution in [0.1, 0.15) is 10.5 Å². The lowest BCUT2D eigenvalue weighted by Gasteiger charge is -2.10. The molecule has 0 saturated heterocycles. The van der Waals surface area contributed by atoms with Crippen LogP contribution in [0, 0.1) is 0 Å². The molecule has 2 aromatic rings. The Morgan fingerprint density at radius 3 is 2.58 bits per heavy atom. The summed E-state index contributed by atoms with van der Waals surface area (Å²) in [5.41, 5.74) is 0.0156. The minimum atomic E-state index is -1.21. The molecule has 1 aromatic heterocycles. The SMILES string of the molecule is COc1ccc(-c2cc(C(=O)O)no2)c(O)c1OC. The van der Waals surface area contributed by atoms with Crippen LogP contribution in [-0.4, -0.2) is 35.6 Å². The maximum atomic E-state index is 10.7. The summed E-state index contributed by atoms with van der Waals surface area (Å²) < 4.78 is 14.9. The van der Waals surface area contributed by atoms with Crippen molar-refractivity contribution in [2.24, 2.45) is 0 Å². The lowest BCUT2D eigenvalue weighted by atomic mass is 10.1. The molecule has 0 radical (unpaired) electrons. The van der Waals surface area contributed by atoms with Gasteiger partial charge in [-0.25, -0.2) is 4.79 Å². The predicted octanol–water partition coefficient (Wildman–Crippen LogP) is 1.76. The van der Waals surface area contributed by atoms with E-state index in [1.807, 2.05) is 0 Å². The van der Waals surface area contributed by atoms with Gasteiger partial charge in [0.1, 0.15) is 0 Å². The number of hydrogen-bond acceptors (Lipinski definition) is 6. The Kier molecular flexibility index (Phi) is 3.28. The van der Waals surface area contributed by atoms with Gasteiger partial charge in [0.15, 0.2) is 23.0 Å². The minimum Gasteiger partial charge on any atom is -0.504 e. The normalized spacial score (nSPS) is 10.2. The van der Waals surface area contributed by atoms with E-state index in [0.717, 1.165) is 0 Å². The second-order valence-corrected chi connectivity index (χ2v) is 3.58. The molecular formula is C12H11NO6. The Morgan fingerprint density at radius 2 is 2.05 bits per heavy atom. The average molecular weight is 265 g/mol. The second-order valence-electron chi connectivity index (χ2n) is 3.58. The van der Waals surface area contributed by atoms with Crippen LogP contribution in [0.15, 0.2) is 22.7 Å². The summed E-state index contributed by atoms with van der Waals surface area (Å²) in [6.07, 6.45) is 0. The average Bonchev–Trinajstić information content (AvgIpc) is 2.87. The van der Waals surface area contributed by atoms with Crippen LogP contribution in [0.25, 0.3) is 11.3 Å². The van der Waals surface area contributed by atoms with Crippen LogP contribution < -0.4 is 9.47 Å². The topological polar surface area (TPSA) is 102 Å². The maximum Gasteiger partial charge on any atom is 0.358 e. The number of methoxy groups -OCH3 is 2. The smallest absolute Gasteiger partial charge is 0.358 e. The highest BCUT2D eigenvalue weighted by Gasteiger charge is 2.19. The van der Waals surface area contributed by atoms with Crippen molar-refractivity contribution < 1.29 is 29.0 Å². The van der Waals surface area contributed by atoms with E-state index >= 15 is 0 Å². The maximum absolute atomic E-state index is 10.7. The van der Waals surface area contributed by atoms with Crippen molar-refractivity contribution in [3.63, 3.8) is 0 Å². The number of ether oxygens (including phenoxy) is 2. The van der Waals surface area contributed by atoms with E-state index in [9.17, 15) is 9.90 Å². The third-order valence-electron chi connectivity index (χ3n) is 2.51. The molecule has 7 heteroatoms. The monoisotopic (exact) mass is 265 g/mol. The standard InChI is InChI=1S/C12H11NO6/c1-17-8-4-3-6(10(14)11(8)18-2)9-5-7(12(15)16)13-19-9/h3-5,14H,1-2H3,(H,15,16). The number of carboxylic acid groups (broad SMARTS) is 1. The van der Waals surface area contributed by atoms with Crippen LogP contribution in [0.5, 0.6) is 17.2 Å². The molecule has 0 unspecified atom stereocenters. The molecule has 0 amide bonds. The van der Waals surface area contributed by atoms with Crippen molar-refractivity contribution in [3.8, 4) is 28.6 Å². The number of aromatic hydroxyl groups is 1. The van der Waals surface area contributed by atoms with Crippen molar-refractivity contribution in [2.75, 3.05) is 14.2 Å². The van der Waals surface area contributed by atoms with E-state index in [1.54, 1.807) is 6.07 Å². The number of carbonyl (C=O) groups is 1. The zero-order chi connectivity index (χ0) is 14.0. The second kappa shape index (κ2) is 4.89. The molecule has 7 nitrogen and oxygen atoms in total. The predicted molar refractivity (Wildman–Crippen MR) is 63.7 cm³/mol. The third kappa shape index (κ3) is 2.17. The zero-order valence-electron chi connectivity index (χ0n) is 10.2. The Bertz CT molecular complexity index is 619. The van der Waals surface area contributed by atoms with E-state index in [2.05, 4.69) is 5.16 Å².